The molecule has 2 N–H and O–H groups in total. The number of aromatic nitrogens is 2. The fraction of sp³-hybridized carbons (Fsp3) is 0.320. The molecule has 1 aromatic carbocycles. The highest BCUT2D eigenvalue weighted by Crippen LogP contribution is 2.39. The van der Waals surface area contributed by atoms with Gasteiger partial charge >= 0.3 is 6.09 Å². The van der Waals surface area contributed by atoms with Gasteiger partial charge in [-0.15, -0.1) is 0 Å². The van der Waals surface area contributed by atoms with Gasteiger partial charge in [0.15, 0.2) is 0 Å². The first-order chi connectivity index (χ1) is 16.1. The third-order valence-electron chi connectivity index (χ3n) is 5.49. The van der Waals surface area contributed by atoms with Gasteiger partial charge in [-0.3, -0.25) is 15.1 Å². The van der Waals surface area contributed by atoms with Crippen LogP contribution in [0.25, 0.3) is 21.9 Å². The minimum Gasteiger partial charge on any atom is -0.444 e. The summed E-state index contributed by atoms with van der Waals surface area (Å²) in [5.41, 5.74) is 2.29. The quantitative estimate of drug-likeness (QED) is 0.497. The van der Waals surface area contributed by atoms with Crippen LogP contribution in [0.3, 0.4) is 0 Å². The van der Waals surface area contributed by atoms with Crippen molar-refractivity contribution in [2.24, 2.45) is 11.8 Å². The standard InChI is InChI=1S/C25H24ClN5O3/c1-13-18(10-28-12-21(13)30-24(33)34-25(2,3)4)14-5-15-8-22(29-11-19(15)20(26)7-14)31-23(32)17-6-16(17)9-27/h5,7-8,10-12,16-17H,6H2,1-4H3,(H,30,33)(H,29,31,32)/t16-,17+/m0/s1. The van der Waals surface area contributed by atoms with E-state index in [0.29, 0.717) is 22.9 Å². The summed E-state index contributed by atoms with van der Waals surface area (Å²) in [4.78, 5) is 33.1. The fourth-order valence-electron chi connectivity index (χ4n) is 3.64. The maximum absolute atomic E-state index is 12.3. The minimum atomic E-state index is -0.620. The van der Waals surface area contributed by atoms with Crippen molar-refractivity contribution >= 4 is 45.9 Å². The Morgan fingerprint density at radius 1 is 1.18 bits per heavy atom. The lowest BCUT2D eigenvalue weighted by Gasteiger charge is -2.20. The molecule has 1 fully saturated rings. The molecule has 0 unspecified atom stereocenters. The van der Waals surface area contributed by atoms with Gasteiger partial charge in [-0.05, 0) is 68.8 Å². The Morgan fingerprint density at radius 2 is 1.94 bits per heavy atom. The molecule has 0 spiro atoms. The smallest absolute Gasteiger partial charge is 0.412 e. The van der Waals surface area contributed by atoms with Crippen molar-refractivity contribution in [3.05, 3.63) is 47.4 Å². The van der Waals surface area contributed by atoms with Crippen molar-refractivity contribution in [2.45, 2.75) is 39.7 Å². The van der Waals surface area contributed by atoms with E-state index in [4.69, 9.17) is 21.6 Å². The molecule has 9 heteroatoms. The molecule has 34 heavy (non-hydrogen) atoms. The highest BCUT2D eigenvalue weighted by atomic mass is 35.5. The summed E-state index contributed by atoms with van der Waals surface area (Å²) in [7, 11) is 0. The van der Waals surface area contributed by atoms with Crippen molar-refractivity contribution in [1.82, 2.24) is 9.97 Å². The molecule has 1 aliphatic carbocycles. The van der Waals surface area contributed by atoms with E-state index in [1.165, 1.54) is 0 Å². The first-order valence-electron chi connectivity index (χ1n) is 10.8. The molecular weight excluding hydrogens is 454 g/mol. The number of nitrogens with zero attached hydrogens (tertiary/aromatic N) is 3. The summed E-state index contributed by atoms with van der Waals surface area (Å²) in [6.07, 6.45) is 4.89. The maximum atomic E-state index is 12.3. The van der Waals surface area contributed by atoms with E-state index in [2.05, 4.69) is 26.7 Å². The molecule has 8 nitrogen and oxygen atoms in total. The molecule has 0 aliphatic heterocycles. The van der Waals surface area contributed by atoms with Crippen LogP contribution in [0.1, 0.15) is 32.8 Å². The predicted octanol–water partition coefficient (Wildman–Crippen LogP) is 5.70. The van der Waals surface area contributed by atoms with E-state index in [-0.39, 0.29) is 17.7 Å². The zero-order valence-electron chi connectivity index (χ0n) is 19.3. The van der Waals surface area contributed by atoms with Crippen molar-refractivity contribution in [2.75, 3.05) is 10.6 Å². The lowest BCUT2D eigenvalue weighted by atomic mass is 9.99. The molecule has 1 saturated carbocycles. The Labute approximate surface area is 202 Å². The summed E-state index contributed by atoms with van der Waals surface area (Å²) in [6, 6.07) is 7.60. The number of fused-ring (bicyclic) bond motifs is 1. The Hall–Kier alpha value is -3.70. The molecule has 1 aliphatic rings. The van der Waals surface area contributed by atoms with Crippen LogP contribution in [0.2, 0.25) is 5.02 Å². The van der Waals surface area contributed by atoms with E-state index in [1.807, 2.05) is 19.1 Å². The largest absolute Gasteiger partial charge is 0.444 e. The lowest BCUT2D eigenvalue weighted by molar-refractivity contribution is -0.117. The second kappa shape index (κ2) is 8.92. The molecule has 2 heterocycles. The molecule has 2 aromatic heterocycles. The molecule has 2 amide bonds. The van der Waals surface area contributed by atoms with Crippen LogP contribution in [0.15, 0.2) is 36.8 Å². The minimum absolute atomic E-state index is 0.207. The fourth-order valence-corrected chi connectivity index (χ4v) is 3.91. The molecule has 3 aromatic rings. The average molecular weight is 478 g/mol. The summed E-state index contributed by atoms with van der Waals surface area (Å²) in [5.74, 6) is -0.323. The second-order valence-corrected chi connectivity index (χ2v) is 9.71. The maximum Gasteiger partial charge on any atom is 0.412 e. The SMILES string of the molecule is Cc1c(NC(=O)OC(C)(C)C)cncc1-c1cc(Cl)c2cnc(NC(=O)[C@@H]3C[C@H]3C#N)cc2c1. The molecule has 2 atom stereocenters. The molecule has 4 rings (SSSR count). The zero-order chi connectivity index (χ0) is 24.6. The van der Waals surface area contributed by atoms with Crippen LogP contribution in [0, 0.1) is 30.1 Å². The number of carbonyl (C=O) groups is 2. The zero-order valence-corrected chi connectivity index (χ0v) is 20.0. The molecular formula is C25H24ClN5O3. The number of nitriles is 1. The predicted molar refractivity (Wildman–Crippen MR) is 130 cm³/mol. The number of rotatable bonds is 4. The van der Waals surface area contributed by atoms with Gasteiger partial charge in [0.2, 0.25) is 5.91 Å². The van der Waals surface area contributed by atoms with Gasteiger partial charge < -0.3 is 10.1 Å². The number of halogens is 1. The van der Waals surface area contributed by atoms with Crippen LogP contribution >= 0.6 is 11.6 Å². The van der Waals surface area contributed by atoms with Crippen LogP contribution in [0.4, 0.5) is 16.3 Å². The van der Waals surface area contributed by atoms with Crippen LogP contribution in [-0.2, 0) is 9.53 Å². The third-order valence-corrected chi connectivity index (χ3v) is 5.81. The number of hydrogen-bond donors (Lipinski definition) is 2. The van der Waals surface area contributed by atoms with Crippen LogP contribution < -0.4 is 10.6 Å². The van der Waals surface area contributed by atoms with Gasteiger partial charge in [0.1, 0.15) is 11.4 Å². The lowest BCUT2D eigenvalue weighted by Crippen LogP contribution is -2.27. The summed E-state index contributed by atoms with van der Waals surface area (Å²) in [6.45, 7) is 7.26. The van der Waals surface area contributed by atoms with Crippen LogP contribution in [0.5, 0.6) is 0 Å². The number of anilines is 2. The Morgan fingerprint density at radius 3 is 2.62 bits per heavy atom. The van der Waals surface area contributed by atoms with Gasteiger partial charge in [-0.2, -0.15) is 5.26 Å². The van der Waals surface area contributed by atoms with Gasteiger partial charge in [-0.1, -0.05) is 11.6 Å². The summed E-state index contributed by atoms with van der Waals surface area (Å²) >= 11 is 6.54. The van der Waals surface area contributed by atoms with Gasteiger partial charge in [0.25, 0.3) is 0 Å². The molecule has 0 saturated heterocycles. The van der Waals surface area contributed by atoms with E-state index >= 15 is 0 Å². The summed E-state index contributed by atoms with van der Waals surface area (Å²) in [5, 5.41) is 16.5. The first kappa shape index (κ1) is 23.5. The number of pyridine rings is 2. The number of nitrogens with one attached hydrogen (secondary N) is 2. The normalized spacial score (nSPS) is 17.1. The van der Waals surface area contributed by atoms with Crippen molar-refractivity contribution < 1.29 is 14.3 Å². The van der Waals surface area contributed by atoms with Gasteiger partial charge in [0, 0.05) is 23.3 Å². The number of ether oxygens (including phenoxy) is 1. The molecule has 174 valence electrons. The highest BCUT2D eigenvalue weighted by molar-refractivity contribution is 6.36. The van der Waals surface area contributed by atoms with Crippen molar-refractivity contribution in [3.63, 3.8) is 0 Å². The second-order valence-electron chi connectivity index (χ2n) is 9.30. The Bertz CT molecular complexity index is 1340. The number of amides is 2. The van der Waals surface area contributed by atoms with E-state index in [1.54, 1.807) is 45.4 Å². The van der Waals surface area contributed by atoms with E-state index in [0.717, 1.165) is 27.5 Å². The van der Waals surface area contributed by atoms with E-state index in [9.17, 15) is 9.59 Å². The van der Waals surface area contributed by atoms with Gasteiger partial charge in [0.05, 0.1) is 34.8 Å². The Balaban J connectivity index is 1.63. The first-order valence-corrected chi connectivity index (χ1v) is 11.2. The molecule has 0 bridgehead atoms. The molecule has 0 radical (unpaired) electrons. The average Bonchev–Trinajstić information content (AvgIpc) is 3.54. The van der Waals surface area contributed by atoms with Crippen molar-refractivity contribution in [1.29, 1.82) is 5.26 Å². The highest BCUT2D eigenvalue weighted by Gasteiger charge is 2.43. The topological polar surface area (TPSA) is 117 Å². The van der Waals surface area contributed by atoms with Gasteiger partial charge in [-0.25, -0.2) is 9.78 Å². The number of hydrogen-bond acceptors (Lipinski definition) is 6. The van der Waals surface area contributed by atoms with Crippen LogP contribution in [-0.4, -0.2) is 27.6 Å². The monoisotopic (exact) mass is 477 g/mol. The number of benzene rings is 1. The summed E-state index contributed by atoms with van der Waals surface area (Å²) < 4.78 is 5.34. The van der Waals surface area contributed by atoms with E-state index < -0.39 is 11.7 Å². The number of carbonyl (C=O) groups excluding carboxylic acids is 2. The third kappa shape index (κ3) is 5.10. The Kier molecular flexibility index (Phi) is 6.15. The van der Waals surface area contributed by atoms with Crippen molar-refractivity contribution in [3.8, 4) is 17.2 Å².